The molecule has 6 heteroatoms. The number of amides is 1. The highest BCUT2D eigenvalue weighted by molar-refractivity contribution is 5.94. The molecule has 0 N–H and O–H groups in total. The van der Waals surface area contributed by atoms with Crippen molar-refractivity contribution < 1.29 is 9.53 Å². The number of nitrogens with zero attached hydrogens (tertiary/aromatic N) is 4. The van der Waals surface area contributed by atoms with Crippen LogP contribution in [0, 0.1) is 0 Å². The fraction of sp³-hybridized carbons (Fsp3) is 0.478. The number of benzene rings is 1. The highest BCUT2D eigenvalue weighted by Crippen LogP contribution is 2.24. The third-order valence-corrected chi connectivity index (χ3v) is 5.78. The molecule has 1 aromatic carbocycles. The average molecular weight is 395 g/mol. The molecule has 0 saturated carbocycles. The monoisotopic (exact) mass is 394 g/mol. The minimum absolute atomic E-state index is 0.0480. The summed E-state index contributed by atoms with van der Waals surface area (Å²) in [4.78, 5) is 17.4. The quantitative estimate of drug-likeness (QED) is 0.677. The average Bonchev–Trinajstić information content (AvgIpc) is 3.13. The Balaban J connectivity index is 1.53. The molecule has 2 aromatic rings. The van der Waals surface area contributed by atoms with Gasteiger partial charge in [-0.25, -0.2) is 0 Å². The van der Waals surface area contributed by atoms with E-state index in [1.54, 1.807) is 0 Å². The van der Waals surface area contributed by atoms with Crippen molar-refractivity contribution in [1.29, 1.82) is 0 Å². The summed E-state index contributed by atoms with van der Waals surface area (Å²) in [6, 6.07) is 10.5. The van der Waals surface area contributed by atoms with Crippen molar-refractivity contribution in [3.63, 3.8) is 0 Å². The lowest BCUT2D eigenvalue weighted by atomic mass is 10.0. The molecule has 1 aromatic heterocycles. The van der Waals surface area contributed by atoms with E-state index in [9.17, 15) is 4.79 Å². The first-order valence-electron chi connectivity index (χ1n) is 10.6. The fourth-order valence-corrected chi connectivity index (χ4v) is 4.24. The van der Waals surface area contributed by atoms with E-state index < -0.39 is 0 Å². The number of aryl methyl sites for hydroxylation is 2. The number of hydrogen-bond donors (Lipinski definition) is 0. The predicted molar refractivity (Wildman–Crippen MR) is 113 cm³/mol. The lowest BCUT2D eigenvalue weighted by Gasteiger charge is -2.28. The Hall–Kier alpha value is -2.44. The molecule has 1 amide bonds. The van der Waals surface area contributed by atoms with Gasteiger partial charge >= 0.3 is 0 Å². The van der Waals surface area contributed by atoms with Gasteiger partial charge in [-0.15, -0.1) is 6.58 Å². The molecule has 0 spiro atoms. The van der Waals surface area contributed by atoms with Crippen LogP contribution in [-0.4, -0.2) is 64.9 Å². The van der Waals surface area contributed by atoms with Crippen molar-refractivity contribution in [2.75, 3.05) is 39.4 Å². The minimum Gasteiger partial charge on any atom is -0.378 e. The van der Waals surface area contributed by atoms with Crippen LogP contribution in [0.5, 0.6) is 0 Å². The first-order valence-corrected chi connectivity index (χ1v) is 10.6. The van der Waals surface area contributed by atoms with Crippen LogP contribution < -0.4 is 0 Å². The van der Waals surface area contributed by atoms with E-state index in [1.807, 2.05) is 17.0 Å². The zero-order valence-corrected chi connectivity index (χ0v) is 17.1. The summed E-state index contributed by atoms with van der Waals surface area (Å²) < 4.78 is 7.50. The van der Waals surface area contributed by atoms with Crippen LogP contribution in [0.3, 0.4) is 0 Å². The second-order valence-corrected chi connectivity index (χ2v) is 7.76. The largest absolute Gasteiger partial charge is 0.378 e. The second kappa shape index (κ2) is 9.37. The summed E-state index contributed by atoms with van der Waals surface area (Å²) in [7, 11) is 0. The van der Waals surface area contributed by atoms with Crippen LogP contribution in [0.1, 0.15) is 33.7 Å². The normalized spacial score (nSPS) is 17.2. The summed E-state index contributed by atoms with van der Waals surface area (Å²) in [6.07, 6.45) is 4.89. The van der Waals surface area contributed by atoms with Crippen LogP contribution in [0.15, 0.2) is 43.0 Å². The summed E-state index contributed by atoms with van der Waals surface area (Å²) >= 11 is 0. The van der Waals surface area contributed by atoms with Crippen molar-refractivity contribution >= 4 is 5.91 Å². The molecule has 3 heterocycles. The van der Waals surface area contributed by atoms with E-state index in [0.29, 0.717) is 32.0 Å². The van der Waals surface area contributed by atoms with Gasteiger partial charge in [0, 0.05) is 56.9 Å². The first-order chi connectivity index (χ1) is 14.3. The third kappa shape index (κ3) is 4.60. The van der Waals surface area contributed by atoms with E-state index in [2.05, 4.69) is 40.4 Å². The number of morpholine rings is 1. The predicted octanol–water partition coefficient (Wildman–Crippen LogP) is 2.53. The highest BCUT2D eigenvalue weighted by Gasteiger charge is 2.30. The van der Waals surface area contributed by atoms with Crippen LogP contribution in [0.4, 0.5) is 0 Å². The topological polar surface area (TPSA) is 50.6 Å². The lowest BCUT2D eigenvalue weighted by molar-refractivity contribution is 0.0297. The Morgan fingerprint density at radius 2 is 1.97 bits per heavy atom. The molecule has 2 aliphatic rings. The van der Waals surface area contributed by atoms with Crippen molar-refractivity contribution in [1.82, 2.24) is 19.6 Å². The lowest BCUT2D eigenvalue weighted by Crippen LogP contribution is -2.41. The molecule has 1 saturated heterocycles. The van der Waals surface area contributed by atoms with Crippen LogP contribution in [0.25, 0.3) is 0 Å². The van der Waals surface area contributed by atoms with Crippen molar-refractivity contribution in [2.45, 2.75) is 32.4 Å². The minimum atomic E-state index is 0.0480. The fourth-order valence-electron chi connectivity index (χ4n) is 4.24. The van der Waals surface area contributed by atoms with Gasteiger partial charge in [-0.2, -0.15) is 5.10 Å². The van der Waals surface area contributed by atoms with Crippen LogP contribution in [-0.2, 0) is 30.7 Å². The number of carbonyl (C=O) groups excluding carboxylic acids is 1. The van der Waals surface area contributed by atoms with E-state index in [-0.39, 0.29) is 5.91 Å². The van der Waals surface area contributed by atoms with Gasteiger partial charge in [0.15, 0.2) is 5.69 Å². The van der Waals surface area contributed by atoms with E-state index >= 15 is 0 Å². The maximum Gasteiger partial charge on any atom is 0.274 e. The van der Waals surface area contributed by atoms with Crippen molar-refractivity contribution in [3.8, 4) is 0 Å². The van der Waals surface area contributed by atoms with E-state index in [4.69, 9.17) is 9.84 Å². The molecule has 2 aliphatic heterocycles. The molecule has 154 valence electrons. The maximum absolute atomic E-state index is 13.2. The molecule has 1 fully saturated rings. The van der Waals surface area contributed by atoms with Crippen molar-refractivity contribution in [3.05, 3.63) is 65.5 Å². The summed E-state index contributed by atoms with van der Waals surface area (Å²) in [5, 5.41) is 4.82. The Bertz CT molecular complexity index is 840. The number of carbonyl (C=O) groups is 1. The molecular weight excluding hydrogens is 364 g/mol. The molecule has 0 aliphatic carbocycles. The van der Waals surface area contributed by atoms with E-state index in [0.717, 1.165) is 51.0 Å². The van der Waals surface area contributed by atoms with Crippen LogP contribution >= 0.6 is 0 Å². The Kier molecular flexibility index (Phi) is 6.42. The first kappa shape index (κ1) is 19.9. The van der Waals surface area contributed by atoms with Gasteiger partial charge in [0.1, 0.15) is 0 Å². The van der Waals surface area contributed by atoms with Gasteiger partial charge in [-0.05, 0) is 18.4 Å². The van der Waals surface area contributed by atoms with Crippen molar-refractivity contribution in [2.24, 2.45) is 0 Å². The number of rotatable bonds is 7. The molecule has 0 atom stereocenters. The Morgan fingerprint density at radius 1 is 1.17 bits per heavy atom. The summed E-state index contributed by atoms with van der Waals surface area (Å²) in [6.45, 7) is 9.79. The number of ether oxygens (including phenoxy) is 1. The summed E-state index contributed by atoms with van der Waals surface area (Å²) in [5.74, 6) is 0.0480. The zero-order valence-electron chi connectivity index (χ0n) is 17.1. The molecular formula is C23H30N4O2. The molecule has 0 unspecified atom stereocenters. The third-order valence-electron chi connectivity index (χ3n) is 5.78. The molecule has 0 bridgehead atoms. The van der Waals surface area contributed by atoms with Gasteiger partial charge in [-0.3, -0.25) is 14.4 Å². The number of fused-ring (bicyclic) bond motifs is 1. The second-order valence-electron chi connectivity index (χ2n) is 7.76. The van der Waals surface area contributed by atoms with Gasteiger partial charge < -0.3 is 9.64 Å². The Labute approximate surface area is 172 Å². The number of hydrogen-bond acceptors (Lipinski definition) is 4. The van der Waals surface area contributed by atoms with Gasteiger partial charge in [-0.1, -0.05) is 36.4 Å². The smallest absolute Gasteiger partial charge is 0.274 e. The molecule has 4 rings (SSSR count). The maximum atomic E-state index is 13.2. The zero-order chi connectivity index (χ0) is 20.1. The van der Waals surface area contributed by atoms with Crippen LogP contribution in [0.2, 0.25) is 0 Å². The molecule has 0 radical (unpaired) electrons. The van der Waals surface area contributed by atoms with Gasteiger partial charge in [0.05, 0.1) is 13.2 Å². The SMILES string of the molecule is C=CCN1CCc2c(c(C(=O)N3CCOCC3)nn2CCCc2ccccc2)C1. The highest BCUT2D eigenvalue weighted by atomic mass is 16.5. The summed E-state index contributed by atoms with van der Waals surface area (Å²) in [5.41, 5.74) is 4.31. The Morgan fingerprint density at radius 3 is 2.72 bits per heavy atom. The molecule has 29 heavy (non-hydrogen) atoms. The molecule has 6 nitrogen and oxygen atoms in total. The number of aromatic nitrogens is 2. The van der Waals surface area contributed by atoms with Gasteiger partial charge in [0.2, 0.25) is 0 Å². The standard InChI is InChI=1S/C23H30N4O2/c1-2-11-25-13-10-21-20(18-25)22(23(28)26-14-16-29-17-15-26)24-27(21)12-6-9-19-7-4-3-5-8-19/h2-5,7-8H,1,6,9-18H2. The van der Waals surface area contributed by atoms with E-state index in [1.165, 1.54) is 11.3 Å². The van der Waals surface area contributed by atoms with Gasteiger partial charge in [0.25, 0.3) is 5.91 Å².